The Kier molecular flexibility index (Phi) is 8.55. The van der Waals surface area contributed by atoms with Crippen molar-refractivity contribution in [3.8, 4) is 39.1 Å². The first-order chi connectivity index (χ1) is 33.7. The van der Waals surface area contributed by atoms with E-state index < -0.39 is 0 Å². The van der Waals surface area contributed by atoms with Crippen molar-refractivity contribution in [2.24, 2.45) is 0 Å². The van der Waals surface area contributed by atoms with Gasteiger partial charge in [0.1, 0.15) is 22.3 Å². The van der Waals surface area contributed by atoms with Gasteiger partial charge in [-0.15, -0.1) is 0 Å². The number of nitrogens with zero attached hydrogens (tertiary/aromatic N) is 2. The van der Waals surface area contributed by atoms with Crippen molar-refractivity contribution in [3.05, 3.63) is 243 Å². The zero-order valence-electron chi connectivity index (χ0n) is 36.8. The first-order valence-corrected chi connectivity index (χ1v) is 23.2. The monoisotopic (exact) mass is 868 g/mol. The molecule has 14 rings (SSSR count). The lowest BCUT2D eigenvalue weighted by molar-refractivity contribution is 0.670. The number of anilines is 3. The molecule has 3 heterocycles. The molecule has 0 aliphatic rings. The fourth-order valence-electron chi connectivity index (χ4n) is 10.7. The topological polar surface area (TPSA) is 34.5 Å². The zero-order valence-corrected chi connectivity index (χ0v) is 36.8. The molecule has 11 aromatic carbocycles. The minimum atomic E-state index is 0.874. The van der Waals surface area contributed by atoms with Gasteiger partial charge in [0.15, 0.2) is 0 Å². The number of furan rings is 2. The van der Waals surface area contributed by atoms with Crippen LogP contribution in [0.25, 0.3) is 116 Å². The van der Waals surface area contributed by atoms with Crippen molar-refractivity contribution in [3.63, 3.8) is 0 Å². The average Bonchev–Trinajstić information content (AvgIpc) is 4.10. The van der Waals surface area contributed by atoms with Gasteiger partial charge in [-0.1, -0.05) is 176 Å². The van der Waals surface area contributed by atoms with Gasteiger partial charge in [0, 0.05) is 71.5 Å². The van der Waals surface area contributed by atoms with Gasteiger partial charge >= 0.3 is 0 Å². The minimum absolute atomic E-state index is 0.874. The van der Waals surface area contributed by atoms with Gasteiger partial charge in [0.25, 0.3) is 0 Å². The Labute approximate surface area is 391 Å². The summed E-state index contributed by atoms with van der Waals surface area (Å²) in [5, 5.41) is 9.23. The fourth-order valence-corrected chi connectivity index (χ4v) is 10.7. The fraction of sp³-hybridized carbons (Fsp3) is 0. The number of hydrogen-bond acceptors (Lipinski definition) is 3. The summed E-state index contributed by atoms with van der Waals surface area (Å²) < 4.78 is 15.8. The molecule has 0 N–H and O–H groups in total. The minimum Gasteiger partial charge on any atom is -0.455 e. The highest BCUT2D eigenvalue weighted by molar-refractivity contribution is 6.18. The molecule has 0 saturated heterocycles. The molecule has 0 bridgehead atoms. The lowest BCUT2D eigenvalue weighted by Gasteiger charge is -2.28. The maximum absolute atomic E-state index is 6.94. The Morgan fingerprint density at radius 3 is 1.62 bits per heavy atom. The summed E-state index contributed by atoms with van der Waals surface area (Å²) in [5.41, 5.74) is 16.7. The van der Waals surface area contributed by atoms with Gasteiger partial charge in [0.2, 0.25) is 0 Å². The molecule has 0 atom stereocenters. The zero-order chi connectivity index (χ0) is 44.7. The second kappa shape index (κ2) is 15.2. The summed E-state index contributed by atoms with van der Waals surface area (Å²) in [4.78, 5) is 2.37. The average molecular weight is 869 g/mol. The van der Waals surface area contributed by atoms with Crippen LogP contribution in [0.3, 0.4) is 0 Å². The smallest absolute Gasteiger partial charge is 0.143 e. The predicted octanol–water partition coefficient (Wildman–Crippen LogP) is 18.2. The maximum Gasteiger partial charge on any atom is 0.143 e. The Hall–Kier alpha value is -9.12. The largest absolute Gasteiger partial charge is 0.455 e. The molecule has 0 aliphatic heterocycles. The summed E-state index contributed by atoms with van der Waals surface area (Å²) in [6.07, 6.45) is 0. The van der Waals surface area contributed by atoms with Crippen LogP contribution in [0.5, 0.6) is 0 Å². The van der Waals surface area contributed by atoms with Crippen molar-refractivity contribution < 1.29 is 8.83 Å². The number of hydrogen-bond donors (Lipinski definition) is 0. The van der Waals surface area contributed by atoms with E-state index in [0.717, 1.165) is 111 Å². The Morgan fingerprint density at radius 1 is 0.309 bits per heavy atom. The van der Waals surface area contributed by atoms with Crippen LogP contribution in [0.15, 0.2) is 251 Å². The van der Waals surface area contributed by atoms with Crippen LogP contribution in [0, 0.1) is 0 Å². The number of benzene rings is 11. The molecule has 0 amide bonds. The lowest BCUT2D eigenvalue weighted by Crippen LogP contribution is -2.11. The molecule has 0 unspecified atom stereocenters. The van der Waals surface area contributed by atoms with Crippen LogP contribution in [0.1, 0.15) is 0 Å². The van der Waals surface area contributed by atoms with E-state index in [-0.39, 0.29) is 0 Å². The van der Waals surface area contributed by atoms with E-state index in [1.165, 1.54) is 21.8 Å². The molecule has 4 heteroatoms. The number of fused-ring (bicyclic) bond motifs is 11. The lowest BCUT2D eigenvalue weighted by atomic mass is 9.98. The summed E-state index contributed by atoms with van der Waals surface area (Å²) in [7, 11) is 0. The predicted molar refractivity (Wildman–Crippen MR) is 284 cm³/mol. The van der Waals surface area contributed by atoms with Crippen LogP contribution in [0.4, 0.5) is 17.1 Å². The van der Waals surface area contributed by atoms with Crippen molar-refractivity contribution >= 4 is 93.5 Å². The highest BCUT2D eigenvalue weighted by atomic mass is 16.3. The summed E-state index contributed by atoms with van der Waals surface area (Å²) >= 11 is 0. The van der Waals surface area contributed by atoms with Crippen molar-refractivity contribution in [2.75, 3.05) is 4.90 Å². The van der Waals surface area contributed by atoms with Crippen LogP contribution >= 0.6 is 0 Å². The molecule has 0 aliphatic carbocycles. The molecule has 0 radical (unpaired) electrons. The quantitative estimate of drug-likeness (QED) is 0.160. The first-order valence-electron chi connectivity index (χ1n) is 23.2. The van der Waals surface area contributed by atoms with Crippen LogP contribution in [-0.4, -0.2) is 4.57 Å². The molecule has 4 nitrogen and oxygen atoms in total. The van der Waals surface area contributed by atoms with Crippen molar-refractivity contribution in [2.45, 2.75) is 0 Å². The van der Waals surface area contributed by atoms with E-state index in [2.05, 4.69) is 240 Å². The van der Waals surface area contributed by atoms with Gasteiger partial charge in [-0.05, 0) is 88.8 Å². The third kappa shape index (κ3) is 5.94. The number of para-hydroxylation sites is 6. The maximum atomic E-state index is 6.94. The number of rotatable bonds is 7. The summed E-state index contributed by atoms with van der Waals surface area (Å²) in [6.45, 7) is 0. The summed E-state index contributed by atoms with van der Waals surface area (Å²) in [6, 6.07) is 86.8. The molecule has 3 aromatic heterocycles. The molecule has 0 saturated carbocycles. The molecule has 0 spiro atoms. The number of aromatic nitrogens is 1. The van der Waals surface area contributed by atoms with Crippen LogP contribution in [-0.2, 0) is 0 Å². The highest BCUT2D eigenvalue weighted by Gasteiger charge is 2.22. The molecule has 0 fully saturated rings. The van der Waals surface area contributed by atoms with Crippen LogP contribution < -0.4 is 4.90 Å². The van der Waals surface area contributed by atoms with Gasteiger partial charge in [-0.3, -0.25) is 0 Å². The molecule has 14 aromatic rings. The molecule has 68 heavy (non-hydrogen) atoms. The normalized spacial score (nSPS) is 11.8. The van der Waals surface area contributed by atoms with E-state index in [9.17, 15) is 0 Å². The second-order valence-corrected chi connectivity index (χ2v) is 17.6. The first kappa shape index (κ1) is 38.2. The third-order valence-electron chi connectivity index (χ3n) is 13.8. The SMILES string of the molecule is c1cc(-c2ccc(N(c3ccc(-c4cccc5c4oc4ccccc45)cc3)c3ccccc3-c3cccc4c3oc3c5ccccc5ccc43)cc2)cc(-n2c3ccccc3c3ccccc32)c1. The van der Waals surface area contributed by atoms with Gasteiger partial charge in [0.05, 0.1) is 16.7 Å². The highest BCUT2D eigenvalue weighted by Crippen LogP contribution is 2.46. The Bertz CT molecular complexity index is 4210. The standard InChI is InChI=1S/C64H40N2O2/c1-2-17-48-42(14-1)34-39-57-56-25-13-23-54(64(56)68-63(48)57)52-20-5-7-26-58(52)65(46-37-32-43(33-38-46)49-22-12-24-55-53-21-6-10-29-61(53)67-62(49)55)45-35-30-41(31-36-45)44-15-11-16-47(40-44)66-59-27-8-3-18-50(59)51-19-4-9-28-60(51)66/h1-40H. The second-order valence-electron chi connectivity index (χ2n) is 17.6. The van der Waals surface area contributed by atoms with Crippen molar-refractivity contribution in [1.82, 2.24) is 4.57 Å². The third-order valence-corrected chi connectivity index (χ3v) is 13.8. The van der Waals surface area contributed by atoms with Crippen LogP contribution in [0.2, 0.25) is 0 Å². The molecule has 318 valence electrons. The van der Waals surface area contributed by atoms with E-state index in [0.29, 0.717) is 0 Å². The van der Waals surface area contributed by atoms with E-state index >= 15 is 0 Å². The Balaban J connectivity index is 0.912. The molecular formula is C64H40N2O2. The Morgan fingerprint density at radius 2 is 0.853 bits per heavy atom. The van der Waals surface area contributed by atoms with E-state index in [4.69, 9.17) is 8.83 Å². The van der Waals surface area contributed by atoms with Crippen molar-refractivity contribution in [1.29, 1.82) is 0 Å². The molecular weight excluding hydrogens is 829 g/mol. The van der Waals surface area contributed by atoms with Gasteiger partial charge in [-0.25, -0.2) is 0 Å². The summed E-state index contributed by atoms with van der Waals surface area (Å²) in [5.74, 6) is 0. The van der Waals surface area contributed by atoms with E-state index in [1.807, 2.05) is 12.1 Å². The van der Waals surface area contributed by atoms with Gasteiger partial charge < -0.3 is 18.3 Å². The van der Waals surface area contributed by atoms with Gasteiger partial charge in [-0.2, -0.15) is 0 Å². The van der Waals surface area contributed by atoms with E-state index in [1.54, 1.807) is 0 Å².